The van der Waals surface area contributed by atoms with E-state index in [-0.39, 0.29) is 11.8 Å². The van der Waals surface area contributed by atoms with E-state index >= 15 is 0 Å². The van der Waals surface area contributed by atoms with Gasteiger partial charge in [0.2, 0.25) is 5.91 Å². The zero-order valence-corrected chi connectivity index (χ0v) is 17.0. The first kappa shape index (κ1) is 25.6. The van der Waals surface area contributed by atoms with Crippen LogP contribution in [0.1, 0.15) is 86.0 Å². The van der Waals surface area contributed by atoms with Gasteiger partial charge in [-0.3, -0.25) is 4.79 Å². The molecule has 4 heteroatoms. The average molecular weight is 346 g/mol. The van der Waals surface area contributed by atoms with Crippen LogP contribution in [0.2, 0.25) is 0 Å². The van der Waals surface area contributed by atoms with Gasteiger partial charge in [-0.1, -0.05) is 60.3 Å². The zero-order valence-electron chi connectivity index (χ0n) is 17.0. The van der Waals surface area contributed by atoms with E-state index in [0.29, 0.717) is 13.2 Å². The lowest BCUT2D eigenvalue weighted by molar-refractivity contribution is -0.123. The van der Waals surface area contributed by atoms with Crippen LogP contribution in [-0.2, 0) is 14.3 Å². The van der Waals surface area contributed by atoms with E-state index in [1.807, 2.05) is 27.7 Å². The molecule has 0 aromatic rings. The zero-order chi connectivity index (χ0) is 18.5. The van der Waals surface area contributed by atoms with Gasteiger partial charge >= 0.3 is 0 Å². The molecule has 0 fully saturated rings. The highest BCUT2D eigenvalue weighted by Gasteiger charge is 2.04. The summed E-state index contributed by atoms with van der Waals surface area (Å²) in [5.74, 6) is 0.220. The molecule has 1 amide bonds. The molecule has 0 aliphatic heterocycles. The van der Waals surface area contributed by atoms with Crippen molar-refractivity contribution in [2.45, 2.75) is 86.0 Å². The van der Waals surface area contributed by atoms with Crippen molar-refractivity contribution in [3.63, 3.8) is 0 Å². The monoisotopic (exact) mass is 345 g/mol. The molecule has 1 N–H and O–H groups in total. The summed E-state index contributed by atoms with van der Waals surface area (Å²) >= 11 is 0. The summed E-state index contributed by atoms with van der Waals surface area (Å²) in [5, 5.41) is 2.93. The standard InChI is InChI=1S/C18H37NO3.C2H6/c1-4-5-6-7-10-13-21-15-16-22-14-11-8-9-12-19-18(20)17(2)3;1-2/h17H,4-16H2,1-3H3,(H,19,20);1-2H3. The Morgan fingerprint density at radius 2 is 1.29 bits per heavy atom. The van der Waals surface area contributed by atoms with Crippen LogP contribution in [0.5, 0.6) is 0 Å². The number of ether oxygens (including phenoxy) is 2. The molecule has 0 aromatic carbocycles. The van der Waals surface area contributed by atoms with Gasteiger partial charge < -0.3 is 14.8 Å². The molecule has 0 saturated heterocycles. The summed E-state index contributed by atoms with van der Waals surface area (Å²) in [6, 6.07) is 0. The highest BCUT2D eigenvalue weighted by molar-refractivity contribution is 5.77. The third-order valence-corrected chi connectivity index (χ3v) is 3.55. The lowest BCUT2D eigenvalue weighted by Crippen LogP contribution is -2.28. The lowest BCUT2D eigenvalue weighted by Gasteiger charge is -2.08. The van der Waals surface area contributed by atoms with Crippen molar-refractivity contribution in [2.75, 3.05) is 33.0 Å². The van der Waals surface area contributed by atoms with Crippen LogP contribution in [0.15, 0.2) is 0 Å². The van der Waals surface area contributed by atoms with Crippen molar-refractivity contribution in [1.82, 2.24) is 5.32 Å². The molecule has 24 heavy (non-hydrogen) atoms. The molecular weight excluding hydrogens is 302 g/mol. The predicted octanol–water partition coefficient (Wildman–Crippen LogP) is 4.96. The van der Waals surface area contributed by atoms with Gasteiger partial charge in [-0.05, 0) is 25.7 Å². The van der Waals surface area contributed by atoms with Crippen LogP contribution >= 0.6 is 0 Å². The van der Waals surface area contributed by atoms with Crippen molar-refractivity contribution in [2.24, 2.45) is 5.92 Å². The molecule has 0 radical (unpaired) electrons. The smallest absolute Gasteiger partial charge is 0.222 e. The summed E-state index contributed by atoms with van der Waals surface area (Å²) in [5.41, 5.74) is 0. The van der Waals surface area contributed by atoms with Gasteiger partial charge in [-0.25, -0.2) is 0 Å². The van der Waals surface area contributed by atoms with E-state index in [0.717, 1.165) is 39.0 Å². The van der Waals surface area contributed by atoms with Crippen molar-refractivity contribution in [3.05, 3.63) is 0 Å². The molecule has 0 rings (SSSR count). The lowest BCUT2D eigenvalue weighted by atomic mass is 10.2. The third kappa shape index (κ3) is 21.4. The quantitative estimate of drug-likeness (QED) is 0.402. The maximum atomic E-state index is 11.3. The number of carbonyl (C=O) groups excluding carboxylic acids is 1. The summed E-state index contributed by atoms with van der Waals surface area (Å²) < 4.78 is 11.1. The third-order valence-electron chi connectivity index (χ3n) is 3.55. The minimum absolute atomic E-state index is 0.0787. The normalized spacial score (nSPS) is 10.4. The molecule has 0 atom stereocenters. The van der Waals surface area contributed by atoms with Gasteiger partial charge in [0.05, 0.1) is 13.2 Å². The van der Waals surface area contributed by atoms with E-state index in [1.54, 1.807) is 0 Å². The number of carbonyl (C=O) groups is 1. The van der Waals surface area contributed by atoms with E-state index < -0.39 is 0 Å². The molecule has 0 aliphatic carbocycles. The van der Waals surface area contributed by atoms with Gasteiger partial charge in [0.25, 0.3) is 0 Å². The number of amides is 1. The highest BCUT2D eigenvalue weighted by Crippen LogP contribution is 2.02. The Morgan fingerprint density at radius 1 is 0.792 bits per heavy atom. The Labute approximate surface area is 151 Å². The van der Waals surface area contributed by atoms with Gasteiger partial charge in [-0.2, -0.15) is 0 Å². The minimum atomic E-state index is 0.0787. The molecular formula is C20H43NO3. The van der Waals surface area contributed by atoms with Crippen LogP contribution in [-0.4, -0.2) is 38.9 Å². The number of hydrogen-bond acceptors (Lipinski definition) is 3. The number of hydrogen-bond donors (Lipinski definition) is 1. The van der Waals surface area contributed by atoms with E-state index in [1.165, 1.54) is 32.1 Å². The predicted molar refractivity (Wildman–Crippen MR) is 103 cm³/mol. The van der Waals surface area contributed by atoms with Crippen LogP contribution in [0.25, 0.3) is 0 Å². The summed E-state index contributed by atoms with van der Waals surface area (Å²) in [4.78, 5) is 11.3. The van der Waals surface area contributed by atoms with Gasteiger partial charge in [-0.15, -0.1) is 0 Å². The van der Waals surface area contributed by atoms with E-state index in [2.05, 4.69) is 12.2 Å². The Hall–Kier alpha value is -0.610. The highest BCUT2D eigenvalue weighted by atomic mass is 16.5. The van der Waals surface area contributed by atoms with Crippen LogP contribution < -0.4 is 5.32 Å². The van der Waals surface area contributed by atoms with Gasteiger partial charge in [0.1, 0.15) is 0 Å². The average Bonchev–Trinajstić information content (AvgIpc) is 2.59. The maximum Gasteiger partial charge on any atom is 0.222 e. The molecule has 0 spiro atoms. The van der Waals surface area contributed by atoms with Crippen molar-refractivity contribution in [3.8, 4) is 0 Å². The Morgan fingerprint density at radius 3 is 1.79 bits per heavy atom. The Bertz CT molecular complexity index is 245. The number of unbranched alkanes of at least 4 members (excludes halogenated alkanes) is 6. The molecule has 0 aromatic heterocycles. The number of nitrogens with one attached hydrogen (secondary N) is 1. The molecule has 0 bridgehead atoms. The molecule has 0 aliphatic rings. The van der Waals surface area contributed by atoms with Crippen LogP contribution in [0.3, 0.4) is 0 Å². The molecule has 4 nitrogen and oxygen atoms in total. The van der Waals surface area contributed by atoms with Crippen LogP contribution in [0, 0.1) is 5.92 Å². The first-order chi connectivity index (χ1) is 11.7. The minimum Gasteiger partial charge on any atom is -0.379 e. The van der Waals surface area contributed by atoms with Crippen molar-refractivity contribution >= 4 is 5.91 Å². The summed E-state index contributed by atoms with van der Waals surface area (Å²) in [6.07, 6.45) is 9.57. The second kappa shape index (κ2) is 22.4. The van der Waals surface area contributed by atoms with Gasteiger partial charge in [0, 0.05) is 25.7 Å². The second-order valence-electron chi connectivity index (χ2n) is 6.15. The maximum absolute atomic E-state index is 11.3. The van der Waals surface area contributed by atoms with Gasteiger partial charge in [0.15, 0.2) is 0 Å². The molecule has 0 heterocycles. The van der Waals surface area contributed by atoms with E-state index in [4.69, 9.17) is 9.47 Å². The molecule has 146 valence electrons. The first-order valence-corrected chi connectivity index (χ1v) is 10.1. The van der Waals surface area contributed by atoms with Crippen molar-refractivity contribution < 1.29 is 14.3 Å². The fraction of sp³-hybridized carbons (Fsp3) is 0.950. The molecule has 0 unspecified atom stereocenters. The first-order valence-electron chi connectivity index (χ1n) is 10.1. The molecule has 0 saturated carbocycles. The van der Waals surface area contributed by atoms with Crippen molar-refractivity contribution in [1.29, 1.82) is 0 Å². The number of rotatable bonds is 16. The fourth-order valence-electron chi connectivity index (χ4n) is 2.05. The second-order valence-corrected chi connectivity index (χ2v) is 6.15. The Balaban J connectivity index is 0. The largest absolute Gasteiger partial charge is 0.379 e. The summed E-state index contributed by atoms with van der Waals surface area (Å²) in [6.45, 7) is 13.9. The van der Waals surface area contributed by atoms with Crippen LogP contribution in [0.4, 0.5) is 0 Å². The fourth-order valence-corrected chi connectivity index (χ4v) is 2.05. The SMILES string of the molecule is CC.CCCCCCCOCCOCCCCCNC(=O)C(C)C. The Kier molecular flexibility index (Phi) is 23.9. The summed E-state index contributed by atoms with van der Waals surface area (Å²) in [7, 11) is 0. The van der Waals surface area contributed by atoms with E-state index in [9.17, 15) is 4.79 Å². The topological polar surface area (TPSA) is 47.6 Å².